The maximum Gasteiger partial charge on any atom is -0.0238 e. The van der Waals surface area contributed by atoms with E-state index in [1.165, 1.54) is 5.56 Å². The van der Waals surface area contributed by atoms with E-state index in [0.717, 1.165) is 12.0 Å². The smallest absolute Gasteiger partial charge is 0.0238 e. The molecule has 0 saturated heterocycles. The molecule has 0 amide bonds. The molecule has 0 nitrogen and oxygen atoms in total. The zero-order chi connectivity index (χ0) is 6.69. The summed E-state index contributed by atoms with van der Waals surface area (Å²) in [6.45, 7) is 7.54. The molecular weight excluding hydrogens is 108 g/mol. The molecular formula is C9H10. The summed E-state index contributed by atoms with van der Waals surface area (Å²) in [5, 5.41) is 0. The highest BCUT2D eigenvalue weighted by atomic mass is 13.9. The van der Waals surface area contributed by atoms with Crippen LogP contribution in [0.1, 0.15) is 11.1 Å². The van der Waals surface area contributed by atoms with Gasteiger partial charge in [0.05, 0.1) is 0 Å². The summed E-state index contributed by atoms with van der Waals surface area (Å²) < 4.78 is 0. The molecule has 0 unspecified atom stereocenters. The molecule has 0 aromatic heterocycles. The van der Waals surface area contributed by atoms with Gasteiger partial charge in [0.15, 0.2) is 0 Å². The first-order chi connectivity index (χ1) is 4.33. The topological polar surface area (TPSA) is 0 Å². The summed E-state index contributed by atoms with van der Waals surface area (Å²) in [7, 11) is 0. The van der Waals surface area contributed by atoms with Crippen molar-refractivity contribution < 1.29 is 0 Å². The molecule has 0 aliphatic rings. The van der Waals surface area contributed by atoms with Gasteiger partial charge in [-0.05, 0) is 31.4 Å². The maximum absolute atomic E-state index is 3.78. The van der Waals surface area contributed by atoms with E-state index in [9.17, 15) is 0 Å². The minimum Gasteiger partial charge on any atom is -0.0588 e. The highest BCUT2D eigenvalue weighted by Crippen LogP contribution is 2.02. The summed E-state index contributed by atoms with van der Waals surface area (Å²) in [4.78, 5) is 0. The Bertz CT molecular complexity index is 172. The summed E-state index contributed by atoms with van der Waals surface area (Å²) >= 11 is 0. The van der Waals surface area contributed by atoms with Gasteiger partial charge in [-0.2, -0.15) is 0 Å². The minimum atomic E-state index is 0.861. The Morgan fingerprint density at radius 3 is 2.11 bits per heavy atom. The predicted molar refractivity (Wildman–Crippen MR) is 40.0 cm³/mol. The van der Waals surface area contributed by atoms with Crippen LogP contribution in [-0.4, -0.2) is 0 Å². The zero-order valence-corrected chi connectivity index (χ0v) is 5.43. The Morgan fingerprint density at radius 1 is 1.11 bits per heavy atom. The van der Waals surface area contributed by atoms with Crippen molar-refractivity contribution in [2.45, 2.75) is 6.42 Å². The van der Waals surface area contributed by atoms with Crippen LogP contribution in [0.3, 0.4) is 0 Å². The van der Waals surface area contributed by atoms with Gasteiger partial charge in [-0.25, -0.2) is 0 Å². The molecule has 0 saturated carbocycles. The lowest BCUT2D eigenvalue weighted by atomic mass is 10.1. The Labute approximate surface area is 56.5 Å². The van der Waals surface area contributed by atoms with Crippen LogP contribution < -0.4 is 0 Å². The van der Waals surface area contributed by atoms with Gasteiger partial charge in [0, 0.05) is 0 Å². The Morgan fingerprint density at radius 2 is 1.67 bits per heavy atom. The molecule has 0 atom stereocenters. The third-order valence-electron chi connectivity index (χ3n) is 1.31. The average Bonchev–Trinajstić information content (AvgIpc) is 1.90. The third kappa shape index (κ3) is 1.56. The summed E-state index contributed by atoms with van der Waals surface area (Å²) in [6, 6.07) is 8.10. The van der Waals surface area contributed by atoms with Crippen LogP contribution >= 0.6 is 0 Å². The Balaban J connectivity index is 2.88. The first-order valence-electron chi connectivity index (χ1n) is 3.03. The predicted octanol–water partition coefficient (Wildman–Crippen LogP) is 2.25. The van der Waals surface area contributed by atoms with E-state index in [1.54, 1.807) is 0 Å². The van der Waals surface area contributed by atoms with Gasteiger partial charge < -0.3 is 0 Å². The minimum absolute atomic E-state index is 0.861. The molecule has 0 heteroatoms. The molecule has 0 spiro atoms. The molecule has 46 valence electrons. The fourth-order valence-corrected chi connectivity index (χ4v) is 0.706. The molecule has 9 heavy (non-hydrogen) atoms. The number of rotatable bonds is 1. The lowest BCUT2D eigenvalue weighted by molar-refractivity contribution is 1.27. The average molecular weight is 118 g/mol. The first kappa shape index (κ1) is 6.34. The fraction of sp³-hybridized carbons (Fsp3) is 0.111. The molecule has 1 aromatic carbocycles. The van der Waals surface area contributed by atoms with Crippen molar-refractivity contribution >= 4 is 0 Å². The molecule has 1 rings (SSSR count). The second kappa shape index (κ2) is 2.67. The molecule has 0 bridgehead atoms. The van der Waals surface area contributed by atoms with Gasteiger partial charge in [0.25, 0.3) is 0 Å². The maximum atomic E-state index is 3.78. The van der Waals surface area contributed by atoms with E-state index >= 15 is 0 Å². The van der Waals surface area contributed by atoms with E-state index in [2.05, 4.69) is 26.0 Å². The molecule has 0 fully saturated rings. The number of hydrogen-bond donors (Lipinski definition) is 0. The van der Waals surface area contributed by atoms with E-state index in [-0.39, 0.29) is 0 Å². The molecule has 1 aromatic rings. The Kier molecular flexibility index (Phi) is 1.88. The van der Waals surface area contributed by atoms with Crippen LogP contribution in [-0.2, 0) is 6.42 Å². The van der Waals surface area contributed by atoms with Crippen LogP contribution in [0.4, 0.5) is 0 Å². The van der Waals surface area contributed by atoms with Crippen LogP contribution in [0.5, 0.6) is 0 Å². The van der Waals surface area contributed by atoms with Gasteiger partial charge in [-0.3, -0.25) is 0 Å². The third-order valence-corrected chi connectivity index (χ3v) is 1.31. The van der Waals surface area contributed by atoms with Gasteiger partial charge >= 0.3 is 0 Å². The van der Waals surface area contributed by atoms with Crippen molar-refractivity contribution in [2.75, 3.05) is 0 Å². The van der Waals surface area contributed by atoms with Gasteiger partial charge in [-0.1, -0.05) is 24.3 Å². The first-order valence-corrected chi connectivity index (χ1v) is 3.03. The second-order valence-corrected chi connectivity index (χ2v) is 2.07. The standard InChI is InChI=1S/C9H10/c1-3-9-6-4-8(2)5-7-9/h4-7H,1-3H2. The van der Waals surface area contributed by atoms with Crippen LogP contribution in [0, 0.1) is 13.8 Å². The largest absolute Gasteiger partial charge is 0.0588 e. The van der Waals surface area contributed by atoms with Crippen molar-refractivity contribution in [3.05, 3.63) is 49.2 Å². The number of benzene rings is 1. The van der Waals surface area contributed by atoms with Crippen molar-refractivity contribution in [3.8, 4) is 0 Å². The van der Waals surface area contributed by atoms with Crippen molar-refractivity contribution in [2.24, 2.45) is 0 Å². The molecule has 0 N–H and O–H groups in total. The van der Waals surface area contributed by atoms with Crippen LogP contribution in [0.2, 0.25) is 0 Å². The molecule has 0 heterocycles. The van der Waals surface area contributed by atoms with Crippen LogP contribution in [0.25, 0.3) is 0 Å². The normalized spacial score (nSPS) is 9.56. The number of hydrogen-bond acceptors (Lipinski definition) is 0. The van der Waals surface area contributed by atoms with Crippen LogP contribution in [0.15, 0.2) is 24.3 Å². The van der Waals surface area contributed by atoms with Crippen molar-refractivity contribution in [1.29, 1.82) is 0 Å². The van der Waals surface area contributed by atoms with Gasteiger partial charge in [0.2, 0.25) is 0 Å². The second-order valence-electron chi connectivity index (χ2n) is 2.07. The van der Waals surface area contributed by atoms with E-state index in [1.807, 2.05) is 12.1 Å². The highest BCUT2D eigenvalue weighted by molar-refractivity contribution is 5.24. The molecule has 0 aliphatic carbocycles. The quantitative estimate of drug-likeness (QED) is 0.530. The highest BCUT2D eigenvalue weighted by Gasteiger charge is 1.85. The van der Waals surface area contributed by atoms with Gasteiger partial charge in [0.1, 0.15) is 0 Å². The lowest BCUT2D eigenvalue weighted by Gasteiger charge is -1.94. The molecule has 2 radical (unpaired) electrons. The molecule has 0 aliphatic heterocycles. The lowest BCUT2D eigenvalue weighted by Crippen LogP contribution is -1.78. The SMILES string of the molecule is [CH2]Cc1ccc([CH2])cc1. The van der Waals surface area contributed by atoms with E-state index in [4.69, 9.17) is 0 Å². The summed E-state index contributed by atoms with van der Waals surface area (Å²) in [5.74, 6) is 0. The van der Waals surface area contributed by atoms with Crippen molar-refractivity contribution in [3.63, 3.8) is 0 Å². The Hall–Kier alpha value is -0.780. The summed E-state index contributed by atoms with van der Waals surface area (Å²) in [5.41, 5.74) is 2.33. The summed E-state index contributed by atoms with van der Waals surface area (Å²) in [6.07, 6.45) is 0.861. The van der Waals surface area contributed by atoms with E-state index < -0.39 is 0 Å². The fourth-order valence-electron chi connectivity index (χ4n) is 0.706. The van der Waals surface area contributed by atoms with Gasteiger partial charge in [-0.15, -0.1) is 0 Å². The van der Waals surface area contributed by atoms with E-state index in [0.29, 0.717) is 0 Å². The zero-order valence-electron chi connectivity index (χ0n) is 5.43. The van der Waals surface area contributed by atoms with Crippen molar-refractivity contribution in [1.82, 2.24) is 0 Å². The monoisotopic (exact) mass is 118 g/mol.